The lowest BCUT2D eigenvalue weighted by Gasteiger charge is -2.32. The first-order chi connectivity index (χ1) is 18.0. The summed E-state index contributed by atoms with van der Waals surface area (Å²) >= 11 is 5.38. The Morgan fingerprint density at radius 2 is 1.92 bits per heavy atom. The van der Waals surface area contributed by atoms with E-state index in [1.165, 1.54) is 18.5 Å². The molecule has 192 valence electrons. The lowest BCUT2D eigenvalue weighted by molar-refractivity contribution is 0.222. The number of nitrogen functional groups attached to an aromatic ring is 1. The summed E-state index contributed by atoms with van der Waals surface area (Å²) in [6.07, 6.45) is 8.51. The van der Waals surface area contributed by atoms with E-state index < -0.39 is 0 Å². The number of hydrogen-bond acceptors (Lipinski definition) is 8. The van der Waals surface area contributed by atoms with Gasteiger partial charge in [0, 0.05) is 38.4 Å². The van der Waals surface area contributed by atoms with Crippen LogP contribution in [0.2, 0.25) is 0 Å². The molecule has 0 atom stereocenters. The number of halogens is 1. The largest absolute Gasteiger partial charge is 0.397 e. The molecule has 5 N–H and O–H groups in total. The molecule has 0 unspecified atom stereocenters. The molecule has 12 heteroatoms. The third-order valence-electron chi connectivity index (χ3n) is 6.40. The van der Waals surface area contributed by atoms with Crippen molar-refractivity contribution in [2.75, 3.05) is 42.5 Å². The van der Waals surface area contributed by atoms with Crippen LogP contribution < -0.4 is 21.7 Å². The minimum Gasteiger partial charge on any atom is -0.397 e. The average molecular weight is 521 g/mol. The zero-order valence-corrected chi connectivity index (χ0v) is 21.1. The maximum atomic E-state index is 13.4. The van der Waals surface area contributed by atoms with Crippen LogP contribution in [0, 0.1) is 5.82 Å². The van der Waals surface area contributed by atoms with Crippen molar-refractivity contribution in [2.45, 2.75) is 25.4 Å². The van der Waals surface area contributed by atoms with Crippen molar-refractivity contribution in [1.29, 1.82) is 0 Å². The number of aromatic nitrogens is 5. The van der Waals surface area contributed by atoms with Crippen molar-refractivity contribution < 1.29 is 4.39 Å². The van der Waals surface area contributed by atoms with Crippen LogP contribution in [0.15, 0.2) is 55.2 Å². The predicted molar refractivity (Wildman–Crippen MR) is 147 cm³/mol. The third-order valence-corrected chi connectivity index (χ3v) is 6.65. The molecule has 0 amide bonds. The predicted octanol–water partition coefficient (Wildman–Crippen LogP) is 2.85. The lowest BCUT2D eigenvalue weighted by atomic mass is 10.1. The fraction of sp³-hybridized carbons (Fsp3) is 0.320. The van der Waals surface area contributed by atoms with E-state index in [2.05, 4.69) is 35.8 Å². The first-order valence-electron chi connectivity index (χ1n) is 12.2. The number of benzene rings is 1. The molecule has 1 fully saturated rings. The minimum absolute atomic E-state index is 0.252. The highest BCUT2D eigenvalue weighted by Gasteiger charge is 2.22. The Morgan fingerprint density at radius 1 is 1.11 bits per heavy atom. The fourth-order valence-electron chi connectivity index (χ4n) is 4.40. The first-order valence-corrected chi connectivity index (χ1v) is 12.6. The van der Waals surface area contributed by atoms with Gasteiger partial charge < -0.3 is 26.6 Å². The van der Waals surface area contributed by atoms with Crippen molar-refractivity contribution in [3.63, 3.8) is 0 Å². The molecule has 10 nitrogen and oxygen atoms in total. The molecular weight excluding hydrogens is 491 g/mol. The van der Waals surface area contributed by atoms with Crippen LogP contribution in [-0.2, 0) is 6.54 Å². The quantitative estimate of drug-likeness (QED) is 0.258. The van der Waals surface area contributed by atoms with Crippen LogP contribution >= 0.6 is 12.2 Å². The molecule has 4 heterocycles. The van der Waals surface area contributed by atoms with Gasteiger partial charge in [0.15, 0.2) is 10.8 Å². The number of nitrogens with zero attached hydrogens (tertiary/aromatic N) is 6. The van der Waals surface area contributed by atoms with Gasteiger partial charge in [-0.25, -0.2) is 19.3 Å². The SMILES string of the molecule is Nc1ccncc1NC(=S)NCCN1CCC(Nc2nc3cncnc3n2Cc2ccc(F)cc2)CC1. The van der Waals surface area contributed by atoms with Crippen molar-refractivity contribution >= 4 is 45.8 Å². The summed E-state index contributed by atoms with van der Waals surface area (Å²) in [4.78, 5) is 19.8. The normalized spacial score (nSPS) is 14.5. The number of nitrogens with two attached hydrogens (primary N) is 1. The van der Waals surface area contributed by atoms with Gasteiger partial charge in [-0.1, -0.05) is 12.1 Å². The summed E-state index contributed by atoms with van der Waals surface area (Å²) in [5.41, 5.74) is 9.69. The van der Waals surface area contributed by atoms with Gasteiger partial charge in [-0.3, -0.25) is 9.55 Å². The third kappa shape index (κ3) is 6.27. The van der Waals surface area contributed by atoms with E-state index in [-0.39, 0.29) is 11.9 Å². The van der Waals surface area contributed by atoms with Crippen molar-refractivity contribution in [3.05, 3.63) is 66.6 Å². The summed E-state index contributed by atoms with van der Waals surface area (Å²) < 4.78 is 15.4. The first kappa shape index (κ1) is 24.8. The molecule has 1 aliphatic heterocycles. The second kappa shape index (κ2) is 11.4. The van der Waals surface area contributed by atoms with Crippen LogP contribution in [-0.4, -0.2) is 66.7 Å². The molecule has 1 aromatic carbocycles. The van der Waals surface area contributed by atoms with Gasteiger partial charge in [-0.05, 0) is 48.8 Å². The highest BCUT2D eigenvalue weighted by Crippen LogP contribution is 2.22. The number of anilines is 3. The monoisotopic (exact) mass is 520 g/mol. The van der Waals surface area contributed by atoms with E-state index in [1.807, 2.05) is 4.57 Å². The number of hydrogen-bond donors (Lipinski definition) is 4. The van der Waals surface area contributed by atoms with Gasteiger partial charge in [0.05, 0.1) is 30.3 Å². The van der Waals surface area contributed by atoms with Crippen LogP contribution in [0.5, 0.6) is 0 Å². The van der Waals surface area contributed by atoms with Gasteiger partial charge in [-0.2, -0.15) is 0 Å². The molecule has 4 aromatic rings. The number of likely N-dealkylation sites (tertiary alicyclic amines) is 1. The topological polar surface area (TPSA) is 122 Å². The van der Waals surface area contributed by atoms with E-state index in [4.69, 9.17) is 22.9 Å². The number of thiocarbonyl (C=S) groups is 1. The summed E-state index contributed by atoms with van der Waals surface area (Å²) in [5.74, 6) is 0.504. The maximum Gasteiger partial charge on any atom is 0.205 e. The number of rotatable bonds is 8. The Labute approximate surface area is 219 Å². The standard InChI is InChI=1S/C25H29FN10S/c26-18-3-1-17(2-4-18)15-36-23-22(14-29-16-31-23)33-24(36)32-19-6-10-35(11-7-19)12-9-30-25(37)34-21-13-28-8-5-20(21)27/h1-5,8,13-14,16,19H,6-7,9-12,15H2,(H2,27,28)(H,32,33)(H2,30,34,37). The molecule has 0 saturated carbocycles. The van der Waals surface area contributed by atoms with E-state index in [0.717, 1.165) is 61.7 Å². The number of piperidine rings is 1. The zero-order chi connectivity index (χ0) is 25.6. The van der Waals surface area contributed by atoms with Crippen molar-refractivity contribution in [1.82, 2.24) is 34.7 Å². The number of pyridine rings is 1. The van der Waals surface area contributed by atoms with Gasteiger partial charge in [-0.15, -0.1) is 0 Å². The Morgan fingerprint density at radius 3 is 2.70 bits per heavy atom. The zero-order valence-electron chi connectivity index (χ0n) is 20.3. The van der Waals surface area contributed by atoms with Crippen LogP contribution in [0.4, 0.5) is 21.7 Å². The van der Waals surface area contributed by atoms with Gasteiger partial charge in [0.25, 0.3) is 0 Å². The summed E-state index contributed by atoms with van der Waals surface area (Å²) in [7, 11) is 0. The molecule has 5 rings (SSSR count). The molecule has 0 bridgehead atoms. The number of imidazole rings is 1. The summed E-state index contributed by atoms with van der Waals surface area (Å²) in [6.45, 7) is 4.09. The van der Waals surface area contributed by atoms with E-state index in [0.29, 0.717) is 23.0 Å². The molecule has 0 radical (unpaired) electrons. The molecule has 37 heavy (non-hydrogen) atoms. The molecule has 1 saturated heterocycles. The Kier molecular flexibility index (Phi) is 7.66. The van der Waals surface area contributed by atoms with E-state index in [1.54, 1.807) is 36.8 Å². The van der Waals surface area contributed by atoms with Crippen LogP contribution in [0.1, 0.15) is 18.4 Å². The summed E-state index contributed by atoms with van der Waals surface area (Å²) in [5, 5.41) is 10.5. The Bertz CT molecular complexity index is 1350. The smallest absolute Gasteiger partial charge is 0.205 e. The maximum absolute atomic E-state index is 13.4. The molecule has 3 aromatic heterocycles. The highest BCUT2D eigenvalue weighted by molar-refractivity contribution is 7.80. The second-order valence-electron chi connectivity index (χ2n) is 8.98. The number of fused-ring (bicyclic) bond motifs is 1. The van der Waals surface area contributed by atoms with Crippen molar-refractivity contribution in [3.8, 4) is 0 Å². The fourth-order valence-corrected chi connectivity index (χ4v) is 4.61. The minimum atomic E-state index is -0.252. The van der Waals surface area contributed by atoms with Gasteiger partial charge in [0.1, 0.15) is 17.7 Å². The van der Waals surface area contributed by atoms with E-state index in [9.17, 15) is 4.39 Å². The van der Waals surface area contributed by atoms with Gasteiger partial charge >= 0.3 is 0 Å². The number of nitrogens with one attached hydrogen (secondary N) is 3. The lowest BCUT2D eigenvalue weighted by Crippen LogP contribution is -2.43. The molecule has 1 aliphatic rings. The highest BCUT2D eigenvalue weighted by atomic mass is 32.1. The molecular formula is C25H29FN10S. The van der Waals surface area contributed by atoms with Crippen LogP contribution in [0.3, 0.4) is 0 Å². The van der Waals surface area contributed by atoms with Gasteiger partial charge in [0.2, 0.25) is 5.95 Å². The average Bonchev–Trinajstić information content (AvgIpc) is 3.24. The molecule has 0 spiro atoms. The molecule has 0 aliphatic carbocycles. The van der Waals surface area contributed by atoms with E-state index >= 15 is 0 Å². The Balaban J connectivity index is 1.13. The second-order valence-corrected chi connectivity index (χ2v) is 9.39. The van der Waals surface area contributed by atoms with Crippen molar-refractivity contribution in [2.24, 2.45) is 0 Å². The Hall–Kier alpha value is -3.90. The van der Waals surface area contributed by atoms with Crippen LogP contribution in [0.25, 0.3) is 11.2 Å². The summed E-state index contributed by atoms with van der Waals surface area (Å²) in [6, 6.07) is 8.53.